The van der Waals surface area contributed by atoms with E-state index in [1.54, 1.807) is 0 Å². The van der Waals surface area contributed by atoms with Crippen molar-refractivity contribution in [1.29, 1.82) is 0 Å². The second kappa shape index (κ2) is 4.56. The molecule has 1 N–H and O–H groups in total. The lowest BCUT2D eigenvalue weighted by Crippen LogP contribution is -2.05. The zero-order valence-electron chi connectivity index (χ0n) is 8.27. The number of ether oxygens (including phenoxy) is 1. The van der Waals surface area contributed by atoms with Crippen molar-refractivity contribution in [2.24, 2.45) is 0 Å². The van der Waals surface area contributed by atoms with Crippen LogP contribution in [0, 0.1) is 15.9 Å². The zero-order valence-corrected chi connectivity index (χ0v) is 8.27. The van der Waals surface area contributed by atoms with Crippen LogP contribution in [-0.2, 0) is 11.2 Å². The molecule has 0 spiro atoms. The summed E-state index contributed by atoms with van der Waals surface area (Å²) in [5, 5.41) is 19.0. The number of hydrogen-bond donors (Lipinski definition) is 1. The molecule has 0 aliphatic rings. The molecule has 1 aromatic carbocycles. The Morgan fingerprint density at radius 1 is 1.62 bits per heavy atom. The molecule has 0 amide bonds. The molecule has 6 nitrogen and oxygen atoms in total. The largest absolute Gasteiger partial charge is 0.493 e. The van der Waals surface area contributed by atoms with Gasteiger partial charge in [-0.15, -0.1) is 0 Å². The van der Waals surface area contributed by atoms with Gasteiger partial charge >= 0.3 is 5.97 Å². The van der Waals surface area contributed by atoms with Gasteiger partial charge in [0.25, 0.3) is 5.69 Å². The Morgan fingerprint density at radius 3 is 2.69 bits per heavy atom. The van der Waals surface area contributed by atoms with Gasteiger partial charge in [0.05, 0.1) is 24.5 Å². The van der Waals surface area contributed by atoms with E-state index >= 15 is 0 Å². The van der Waals surface area contributed by atoms with Crippen LogP contribution in [0.25, 0.3) is 0 Å². The van der Waals surface area contributed by atoms with Crippen LogP contribution in [0.5, 0.6) is 5.75 Å². The number of hydrogen-bond acceptors (Lipinski definition) is 4. The molecule has 1 rings (SSSR count). The van der Waals surface area contributed by atoms with Crippen molar-refractivity contribution >= 4 is 11.7 Å². The van der Waals surface area contributed by atoms with Gasteiger partial charge in [0.15, 0.2) is 11.6 Å². The Morgan fingerprint density at radius 2 is 2.25 bits per heavy atom. The summed E-state index contributed by atoms with van der Waals surface area (Å²) in [5.41, 5.74) is -0.573. The summed E-state index contributed by atoms with van der Waals surface area (Å²) in [6, 6.07) is 1.67. The summed E-state index contributed by atoms with van der Waals surface area (Å²) in [6.45, 7) is 0. The minimum Gasteiger partial charge on any atom is -0.493 e. The SMILES string of the molecule is COc1c(F)cc([N+](=O)[O-])cc1CC(=O)O. The van der Waals surface area contributed by atoms with Gasteiger partial charge in [0.1, 0.15) is 0 Å². The van der Waals surface area contributed by atoms with Gasteiger partial charge in [0, 0.05) is 11.6 Å². The highest BCUT2D eigenvalue weighted by Gasteiger charge is 2.18. The quantitative estimate of drug-likeness (QED) is 0.622. The highest BCUT2D eigenvalue weighted by Crippen LogP contribution is 2.28. The summed E-state index contributed by atoms with van der Waals surface area (Å²) in [4.78, 5) is 20.1. The molecular formula is C9H8FNO5. The van der Waals surface area contributed by atoms with Crippen molar-refractivity contribution in [3.63, 3.8) is 0 Å². The summed E-state index contributed by atoms with van der Waals surface area (Å²) in [7, 11) is 1.16. The molecule has 0 unspecified atom stereocenters. The van der Waals surface area contributed by atoms with Gasteiger partial charge in [-0.25, -0.2) is 4.39 Å². The van der Waals surface area contributed by atoms with Crippen molar-refractivity contribution < 1.29 is 24.0 Å². The molecule has 7 heteroatoms. The number of aliphatic carboxylic acids is 1. The molecule has 0 aliphatic heterocycles. The number of methoxy groups -OCH3 is 1. The lowest BCUT2D eigenvalue weighted by Gasteiger charge is -2.07. The molecule has 0 bridgehead atoms. The molecule has 0 aliphatic carbocycles. The van der Waals surface area contributed by atoms with E-state index in [4.69, 9.17) is 5.11 Å². The van der Waals surface area contributed by atoms with Crippen LogP contribution in [-0.4, -0.2) is 23.1 Å². The van der Waals surface area contributed by atoms with E-state index in [9.17, 15) is 19.3 Å². The van der Waals surface area contributed by atoms with Crippen LogP contribution in [0.3, 0.4) is 0 Å². The lowest BCUT2D eigenvalue weighted by atomic mass is 10.1. The number of carbonyl (C=O) groups is 1. The minimum absolute atomic E-state index is 0.0679. The monoisotopic (exact) mass is 229 g/mol. The standard InChI is InChI=1S/C9H8FNO5/c1-16-9-5(3-8(12)13)2-6(11(14)15)4-7(9)10/h2,4H,3H2,1H3,(H,12,13). The van der Waals surface area contributed by atoms with Crippen LogP contribution in [0.1, 0.15) is 5.56 Å². The minimum atomic E-state index is -1.22. The average Bonchev–Trinajstić information content (AvgIpc) is 2.16. The van der Waals surface area contributed by atoms with Crippen LogP contribution in [0.4, 0.5) is 10.1 Å². The maximum absolute atomic E-state index is 13.3. The Balaban J connectivity index is 3.30. The Hall–Kier alpha value is -2.18. The zero-order chi connectivity index (χ0) is 12.3. The number of nitro groups is 1. The smallest absolute Gasteiger partial charge is 0.307 e. The van der Waals surface area contributed by atoms with Crippen LogP contribution < -0.4 is 4.74 Å². The van der Waals surface area contributed by atoms with E-state index in [1.165, 1.54) is 0 Å². The molecule has 1 aromatic rings. The van der Waals surface area contributed by atoms with Gasteiger partial charge in [-0.05, 0) is 0 Å². The van der Waals surface area contributed by atoms with Crippen molar-refractivity contribution in [2.75, 3.05) is 7.11 Å². The third kappa shape index (κ3) is 2.44. The lowest BCUT2D eigenvalue weighted by molar-refractivity contribution is -0.385. The molecule has 0 saturated heterocycles. The fraction of sp³-hybridized carbons (Fsp3) is 0.222. The van der Waals surface area contributed by atoms with Gasteiger partial charge in [-0.1, -0.05) is 0 Å². The van der Waals surface area contributed by atoms with E-state index in [0.717, 1.165) is 13.2 Å². The first-order valence-corrected chi connectivity index (χ1v) is 4.18. The third-order valence-corrected chi connectivity index (χ3v) is 1.86. The van der Waals surface area contributed by atoms with Crippen molar-refractivity contribution in [2.45, 2.75) is 6.42 Å². The fourth-order valence-corrected chi connectivity index (χ4v) is 1.26. The van der Waals surface area contributed by atoms with E-state index in [0.29, 0.717) is 6.07 Å². The maximum Gasteiger partial charge on any atom is 0.307 e. The molecule has 86 valence electrons. The first-order chi connectivity index (χ1) is 7.45. The van der Waals surface area contributed by atoms with Gasteiger partial charge < -0.3 is 9.84 Å². The number of halogens is 1. The van der Waals surface area contributed by atoms with E-state index in [1.807, 2.05) is 0 Å². The number of nitro benzene ring substituents is 1. The van der Waals surface area contributed by atoms with Crippen LogP contribution in [0.2, 0.25) is 0 Å². The molecule has 0 heterocycles. The predicted molar refractivity (Wildman–Crippen MR) is 50.9 cm³/mol. The number of carboxylic acid groups (broad SMARTS) is 1. The summed E-state index contributed by atoms with van der Waals surface area (Å²) >= 11 is 0. The van der Waals surface area contributed by atoms with E-state index in [2.05, 4.69) is 4.74 Å². The van der Waals surface area contributed by atoms with Crippen molar-refractivity contribution in [3.8, 4) is 5.75 Å². The first-order valence-electron chi connectivity index (χ1n) is 4.18. The highest BCUT2D eigenvalue weighted by molar-refractivity contribution is 5.72. The Bertz CT molecular complexity index is 446. The Kier molecular flexibility index (Phi) is 3.39. The summed E-state index contributed by atoms with van der Waals surface area (Å²) in [5.74, 6) is -2.46. The van der Waals surface area contributed by atoms with Gasteiger partial charge in [-0.2, -0.15) is 0 Å². The maximum atomic E-state index is 13.3. The summed E-state index contributed by atoms with van der Waals surface area (Å²) in [6.07, 6.45) is -0.540. The average molecular weight is 229 g/mol. The topological polar surface area (TPSA) is 89.7 Å². The third-order valence-electron chi connectivity index (χ3n) is 1.86. The molecule has 0 radical (unpaired) electrons. The van der Waals surface area contributed by atoms with Gasteiger partial charge in [0.2, 0.25) is 0 Å². The second-order valence-electron chi connectivity index (χ2n) is 2.95. The predicted octanol–water partition coefficient (Wildman–Crippen LogP) is 1.37. The Labute approximate surface area is 89.4 Å². The van der Waals surface area contributed by atoms with Crippen LogP contribution in [0.15, 0.2) is 12.1 Å². The normalized spacial score (nSPS) is 9.88. The van der Waals surface area contributed by atoms with Crippen molar-refractivity contribution in [1.82, 2.24) is 0 Å². The van der Waals surface area contributed by atoms with E-state index < -0.39 is 28.8 Å². The second-order valence-corrected chi connectivity index (χ2v) is 2.95. The number of rotatable bonds is 4. The molecule has 16 heavy (non-hydrogen) atoms. The first kappa shape index (κ1) is 11.9. The number of non-ortho nitro benzene ring substituents is 1. The number of benzene rings is 1. The van der Waals surface area contributed by atoms with Crippen molar-refractivity contribution in [3.05, 3.63) is 33.6 Å². The highest BCUT2D eigenvalue weighted by atomic mass is 19.1. The number of nitrogens with zero attached hydrogens (tertiary/aromatic N) is 1. The number of carboxylic acids is 1. The van der Waals surface area contributed by atoms with E-state index in [-0.39, 0.29) is 11.3 Å². The van der Waals surface area contributed by atoms with Crippen LogP contribution >= 0.6 is 0 Å². The molecule has 0 fully saturated rings. The molecular weight excluding hydrogens is 221 g/mol. The fourth-order valence-electron chi connectivity index (χ4n) is 1.26. The molecule has 0 aromatic heterocycles. The van der Waals surface area contributed by atoms with Gasteiger partial charge in [-0.3, -0.25) is 14.9 Å². The summed E-state index contributed by atoms with van der Waals surface area (Å²) < 4.78 is 18.0. The molecule has 0 saturated carbocycles. The molecule has 0 atom stereocenters.